The van der Waals surface area contributed by atoms with E-state index in [0.29, 0.717) is 12.0 Å². The van der Waals surface area contributed by atoms with Gasteiger partial charge in [0.25, 0.3) is 0 Å². The Hall–Kier alpha value is -0.680. The van der Waals surface area contributed by atoms with E-state index in [-0.39, 0.29) is 18.1 Å². The monoisotopic (exact) mass is 274 g/mol. The molecule has 0 saturated heterocycles. The Balaban J connectivity index is 2.33. The first kappa shape index (κ1) is 9.86. The average Bonchev–Trinajstić information content (AvgIpc) is 2.54. The number of rotatable bonds is 2. The quantitative estimate of drug-likeness (QED) is 0.902. The van der Waals surface area contributed by atoms with E-state index >= 15 is 0 Å². The summed E-state index contributed by atoms with van der Waals surface area (Å²) >= 11 is 4.76. The first-order valence-corrected chi connectivity index (χ1v) is 5.73. The molecule has 1 unspecified atom stereocenters. The highest BCUT2D eigenvalue weighted by atomic mass is 79.9. The van der Waals surface area contributed by atoms with Gasteiger partial charge >= 0.3 is 5.97 Å². The maximum absolute atomic E-state index is 11.5. The van der Waals surface area contributed by atoms with Crippen LogP contribution in [-0.2, 0) is 4.79 Å². The molecule has 0 fully saturated rings. The Morgan fingerprint density at radius 1 is 1.71 bits per heavy atom. The fourth-order valence-electron chi connectivity index (χ4n) is 1.70. The molecule has 3 nitrogen and oxygen atoms in total. The van der Waals surface area contributed by atoms with Crippen molar-refractivity contribution in [1.29, 1.82) is 0 Å². The number of hydrogen-bond acceptors (Lipinski definition) is 3. The van der Waals surface area contributed by atoms with E-state index in [1.165, 1.54) is 11.3 Å². The van der Waals surface area contributed by atoms with Crippen molar-refractivity contribution in [3.63, 3.8) is 0 Å². The number of carbonyl (C=O) groups is 2. The van der Waals surface area contributed by atoms with Gasteiger partial charge in [-0.2, -0.15) is 0 Å². The molecular weight excluding hydrogens is 268 g/mol. The lowest BCUT2D eigenvalue weighted by Crippen LogP contribution is -2.02. The number of ketones is 1. The van der Waals surface area contributed by atoms with Gasteiger partial charge in [-0.25, -0.2) is 0 Å². The van der Waals surface area contributed by atoms with Gasteiger partial charge in [0.05, 0.1) is 10.2 Å². The lowest BCUT2D eigenvalue weighted by atomic mass is 10.1. The maximum Gasteiger partial charge on any atom is 0.304 e. The fourth-order valence-corrected chi connectivity index (χ4v) is 3.45. The van der Waals surface area contributed by atoms with Crippen LogP contribution >= 0.6 is 27.3 Å². The van der Waals surface area contributed by atoms with Crippen LogP contribution < -0.4 is 0 Å². The van der Waals surface area contributed by atoms with Gasteiger partial charge in [-0.3, -0.25) is 9.59 Å². The second kappa shape index (κ2) is 3.47. The highest BCUT2D eigenvalue weighted by molar-refractivity contribution is 9.11. The van der Waals surface area contributed by atoms with Gasteiger partial charge in [0.1, 0.15) is 0 Å². The summed E-state index contributed by atoms with van der Waals surface area (Å²) in [6.45, 7) is 0. The lowest BCUT2D eigenvalue weighted by molar-refractivity contribution is -0.137. The van der Waals surface area contributed by atoms with Crippen molar-refractivity contribution in [3.8, 4) is 0 Å². The zero-order chi connectivity index (χ0) is 10.3. The van der Waals surface area contributed by atoms with Crippen LogP contribution in [0.25, 0.3) is 0 Å². The molecule has 0 radical (unpaired) electrons. The van der Waals surface area contributed by atoms with Crippen molar-refractivity contribution in [1.82, 2.24) is 0 Å². The molecule has 0 bridgehead atoms. The summed E-state index contributed by atoms with van der Waals surface area (Å²) in [5.41, 5.74) is 0.702. The van der Waals surface area contributed by atoms with Crippen molar-refractivity contribution >= 4 is 39.0 Å². The number of hydrogen-bond donors (Lipinski definition) is 1. The predicted molar refractivity (Wildman–Crippen MR) is 56.0 cm³/mol. The van der Waals surface area contributed by atoms with Gasteiger partial charge < -0.3 is 5.11 Å². The summed E-state index contributed by atoms with van der Waals surface area (Å²) in [6, 6.07) is 1.78. The van der Waals surface area contributed by atoms with Crippen LogP contribution in [0.15, 0.2) is 9.85 Å². The van der Waals surface area contributed by atoms with Crippen LogP contribution in [0.5, 0.6) is 0 Å². The second-order valence-electron chi connectivity index (χ2n) is 3.25. The number of Topliss-reactive ketones (excluding diaryl/α,β-unsaturated/α-hetero) is 1. The van der Waals surface area contributed by atoms with E-state index in [2.05, 4.69) is 15.9 Å². The van der Waals surface area contributed by atoms with Gasteiger partial charge in [0.2, 0.25) is 0 Å². The smallest absolute Gasteiger partial charge is 0.304 e. The fraction of sp³-hybridized carbons (Fsp3) is 0.333. The van der Waals surface area contributed by atoms with E-state index in [9.17, 15) is 9.59 Å². The number of carboxylic acid groups (broad SMARTS) is 1. The van der Waals surface area contributed by atoms with Crippen molar-refractivity contribution in [2.45, 2.75) is 18.8 Å². The molecule has 5 heteroatoms. The molecule has 2 rings (SSSR count). The Morgan fingerprint density at radius 3 is 3.07 bits per heavy atom. The Kier molecular flexibility index (Phi) is 2.45. The summed E-state index contributed by atoms with van der Waals surface area (Å²) in [4.78, 5) is 22.9. The van der Waals surface area contributed by atoms with Crippen LogP contribution in [0.2, 0.25) is 0 Å². The third-order valence-corrected chi connectivity index (χ3v) is 4.06. The molecule has 0 spiro atoms. The van der Waals surface area contributed by atoms with Gasteiger partial charge in [-0.15, -0.1) is 11.3 Å². The van der Waals surface area contributed by atoms with Crippen LogP contribution in [0.3, 0.4) is 0 Å². The third kappa shape index (κ3) is 1.62. The van der Waals surface area contributed by atoms with Gasteiger partial charge in [-0.1, -0.05) is 0 Å². The largest absolute Gasteiger partial charge is 0.481 e. The summed E-state index contributed by atoms with van der Waals surface area (Å²) in [5.74, 6) is -0.903. The zero-order valence-corrected chi connectivity index (χ0v) is 9.52. The van der Waals surface area contributed by atoms with E-state index in [1.807, 2.05) is 0 Å². The van der Waals surface area contributed by atoms with Gasteiger partial charge in [0, 0.05) is 22.8 Å². The first-order chi connectivity index (χ1) is 6.58. The van der Waals surface area contributed by atoms with Crippen molar-refractivity contribution < 1.29 is 14.7 Å². The van der Waals surface area contributed by atoms with Crippen LogP contribution in [0, 0.1) is 0 Å². The Morgan fingerprint density at radius 2 is 2.43 bits per heavy atom. The van der Waals surface area contributed by atoms with Gasteiger partial charge in [0.15, 0.2) is 5.78 Å². The molecule has 0 saturated carbocycles. The van der Waals surface area contributed by atoms with E-state index in [4.69, 9.17) is 5.11 Å². The molecule has 1 N–H and O–H groups in total. The molecule has 0 aliphatic heterocycles. The molecule has 74 valence electrons. The van der Waals surface area contributed by atoms with E-state index in [1.54, 1.807) is 6.07 Å². The molecule has 0 aromatic carbocycles. The van der Waals surface area contributed by atoms with E-state index < -0.39 is 5.97 Å². The molecular formula is C9H7BrO3S. The highest BCUT2D eigenvalue weighted by Gasteiger charge is 2.32. The molecule has 1 aromatic rings. The molecule has 0 amide bonds. The molecule has 1 aliphatic carbocycles. The van der Waals surface area contributed by atoms with Crippen molar-refractivity contribution in [3.05, 3.63) is 20.3 Å². The standard InChI is InChI=1S/C9H7BrO3S/c10-7-3-5-6(11)1-4(2-8(12)13)9(5)14-7/h3-4H,1-2H2,(H,12,13). The summed E-state index contributed by atoms with van der Waals surface area (Å²) < 4.78 is 0.894. The zero-order valence-electron chi connectivity index (χ0n) is 7.12. The molecule has 1 heterocycles. The average molecular weight is 275 g/mol. The molecule has 14 heavy (non-hydrogen) atoms. The lowest BCUT2D eigenvalue weighted by Gasteiger charge is -2.03. The second-order valence-corrected chi connectivity index (χ2v) is 5.71. The van der Waals surface area contributed by atoms with E-state index in [0.717, 1.165) is 8.66 Å². The third-order valence-electron chi connectivity index (χ3n) is 2.25. The molecule has 1 atom stereocenters. The summed E-state index contributed by atoms with van der Waals surface area (Å²) in [7, 11) is 0. The highest BCUT2D eigenvalue weighted by Crippen LogP contribution is 2.42. The number of halogens is 1. The van der Waals surface area contributed by atoms with Crippen molar-refractivity contribution in [2.75, 3.05) is 0 Å². The Labute approximate surface area is 92.9 Å². The number of aliphatic carboxylic acids is 1. The predicted octanol–water partition coefficient (Wildman–Crippen LogP) is 2.66. The maximum atomic E-state index is 11.5. The number of thiophene rings is 1. The Bertz CT molecular complexity index is 410. The number of carboxylic acids is 1. The number of fused-ring (bicyclic) bond motifs is 1. The van der Waals surface area contributed by atoms with Crippen LogP contribution in [0.4, 0.5) is 0 Å². The van der Waals surface area contributed by atoms with Crippen molar-refractivity contribution in [2.24, 2.45) is 0 Å². The van der Waals surface area contributed by atoms with Crippen LogP contribution in [-0.4, -0.2) is 16.9 Å². The minimum atomic E-state index is -0.847. The summed E-state index contributed by atoms with van der Waals surface area (Å²) in [6.07, 6.45) is 0.395. The normalized spacial score (nSPS) is 19.8. The topological polar surface area (TPSA) is 54.4 Å². The van der Waals surface area contributed by atoms with Gasteiger partial charge in [-0.05, 0) is 22.0 Å². The minimum absolute atomic E-state index is 0.0473. The van der Waals surface area contributed by atoms with Crippen LogP contribution in [0.1, 0.15) is 34.0 Å². The molecule has 1 aliphatic rings. The summed E-state index contributed by atoms with van der Waals surface area (Å²) in [5, 5.41) is 8.67. The minimum Gasteiger partial charge on any atom is -0.481 e. The first-order valence-electron chi connectivity index (χ1n) is 4.12. The SMILES string of the molecule is O=C(O)CC1CC(=O)c2cc(Br)sc21. The number of carbonyl (C=O) groups excluding carboxylic acids is 1. The molecule has 1 aromatic heterocycles.